The van der Waals surface area contributed by atoms with Crippen molar-refractivity contribution in [2.24, 2.45) is 0 Å². The van der Waals surface area contributed by atoms with Crippen molar-refractivity contribution < 1.29 is 14.0 Å². The fourth-order valence-corrected chi connectivity index (χ4v) is 2.90. The lowest BCUT2D eigenvalue weighted by atomic mass is 10.1. The average Bonchev–Trinajstić information content (AvgIpc) is 3.06. The Kier molecular flexibility index (Phi) is 5.90. The number of nitrogen functional groups attached to an aromatic ring is 1. The van der Waals surface area contributed by atoms with Crippen LogP contribution in [0.2, 0.25) is 0 Å². The van der Waals surface area contributed by atoms with Crippen LogP contribution in [0.5, 0.6) is 0 Å². The molecule has 0 atom stereocenters. The monoisotopic (exact) mass is 400 g/mol. The van der Waals surface area contributed by atoms with Gasteiger partial charge in [0.15, 0.2) is 5.82 Å². The second-order valence-corrected chi connectivity index (χ2v) is 6.78. The van der Waals surface area contributed by atoms with Crippen LogP contribution in [0.25, 0.3) is 11.4 Å². The first-order chi connectivity index (χ1) is 13.4. The fraction of sp³-hybridized carbons (Fsp3) is 0.111. The maximum atomic E-state index is 12.9. The summed E-state index contributed by atoms with van der Waals surface area (Å²) in [5.41, 5.74) is 6.68. The second-order valence-electron chi connectivity index (χ2n) is 5.84. The maximum Gasteiger partial charge on any atom is 0.269 e. The number of hydrazine groups is 1. The number of amides is 2. The van der Waals surface area contributed by atoms with Crippen LogP contribution < -0.4 is 16.7 Å². The Balaban J connectivity index is 1.53. The highest BCUT2D eigenvalue weighted by atomic mass is 32.2. The highest BCUT2D eigenvalue weighted by Gasteiger charge is 2.14. The number of carbonyl (C=O) groups excluding carboxylic acids is 2. The van der Waals surface area contributed by atoms with Crippen molar-refractivity contribution in [1.82, 2.24) is 25.7 Å². The van der Waals surface area contributed by atoms with Crippen LogP contribution >= 0.6 is 11.8 Å². The normalized spacial score (nSPS) is 10.5. The summed E-state index contributed by atoms with van der Waals surface area (Å²) < 4.78 is 14.2. The number of hydrogen-bond acceptors (Lipinski definition) is 6. The molecule has 0 radical (unpaired) electrons. The number of carbonyl (C=O) groups is 2. The van der Waals surface area contributed by atoms with Gasteiger partial charge in [-0.05, 0) is 31.2 Å². The first-order valence-electron chi connectivity index (χ1n) is 8.19. The van der Waals surface area contributed by atoms with Crippen LogP contribution in [0.4, 0.5) is 4.39 Å². The summed E-state index contributed by atoms with van der Waals surface area (Å²) in [4.78, 5) is 23.8. The van der Waals surface area contributed by atoms with E-state index in [1.807, 2.05) is 31.2 Å². The highest BCUT2D eigenvalue weighted by Crippen LogP contribution is 2.21. The maximum absolute atomic E-state index is 12.9. The van der Waals surface area contributed by atoms with E-state index >= 15 is 0 Å². The molecule has 1 aromatic heterocycles. The number of nitrogens with two attached hydrogens (primary N) is 1. The minimum Gasteiger partial charge on any atom is -0.335 e. The van der Waals surface area contributed by atoms with Gasteiger partial charge in [0.2, 0.25) is 11.1 Å². The molecular weight excluding hydrogens is 383 g/mol. The molecule has 2 amide bonds. The zero-order chi connectivity index (χ0) is 20.1. The first-order valence-corrected chi connectivity index (χ1v) is 9.17. The molecule has 0 bridgehead atoms. The molecule has 144 valence electrons. The SMILES string of the molecule is Cc1ccc(-c2nnc(SCC(=O)NNC(=O)c3ccc(F)cc3)n2N)cc1. The summed E-state index contributed by atoms with van der Waals surface area (Å²) in [6.45, 7) is 1.98. The fourth-order valence-electron chi connectivity index (χ4n) is 2.24. The predicted molar refractivity (Wildman–Crippen MR) is 103 cm³/mol. The number of benzene rings is 2. The summed E-state index contributed by atoms with van der Waals surface area (Å²) >= 11 is 1.07. The Morgan fingerprint density at radius 3 is 2.43 bits per heavy atom. The Labute approximate surface area is 164 Å². The van der Waals surface area contributed by atoms with Crippen LogP contribution in [0.3, 0.4) is 0 Å². The second kappa shape index (κ2) is 8.53. The van der Waals surface area contributed by atoms with E-state index in [9.17, 15) is 14.0 Å². The zero-order valence-electron chi connectivity index (χ0n) is 14.8. The van der Waals surface area contributed by atoms with Gasteiger partial charge in [0, 0.05) is 11.1 Å². The van der Waals surface area contributed by atoms with Crippen molar-refractivity contribution in [1.29, 1.82) is 0 Å². The van der Waals surface area contributed by atoms with Gasteiger partial charge in [-0.25, -0.2) is 9.07 Å². The zero-order valence-corrected chi connectivity index (χ0v) is 15.7. The van der Waals surface area contributed by atoms with Crippen molar-refractivity contribution in [3.8, 4) is 11.4 Å². The molecule has 3 aromatic rings. The van der Waals surface area contributed by atoms with Gasteiger partial charge in [-0.15, -0.1) is 10.2 Å². The van der Waals surface area contributed by atoms with Crippen LogP contribution in [0.15, 0.2) is 53.7 Å². The lowest BCUT2D eigenvalue weighted by Crippen LogP contribution is -2.42. The van der Waals surface area contributed by atoms with Crippen LogP contribution in [0.1, 0.15) is 15.9 Å². The third-order valence-electron chi connectivity index (χ3n) is 3.73. The van der Waals surface area contributed by atoms with Crippen molar-refractivity contribution in [2.75, 3.05) is 11.6 Å². The molecule has 0 spiro atoms. The van der Waals surface area contributed by atoms with Crippen LogP contribution in [-0.4, -0.2) is 32.4 Å². The first kappa shape index (κ1) is 19.4. The molecule has 0 aliphatic heterocycles. The third kappa shape index (κ3) is 4.65. The van der Waals surface area contributed by atoms with Crippen molar-refractivity contribution >= 4 is 23.6 Å². The van der Waals surface area contributed by atoms with E-state index in [0.29, 0.717) is 11.0 Å². The quantitative estimate of drug-likeness (QED) is 0.341. The van der Waals surface area contributed by atoms with Crippen LogP contribution in [-0.2, 0) is 4.79 Å². The minimum atomic E-state index is -0.554. The van der Waals surface area contributed by atoms with Crippen molar-refractivity contribution in [3.63, 3.8) is 0 Å². The molecule has 3 rings (SSSR count). The van der Waals surface area contributed by atoms with E-state index in [4.69, 9.17) is 5.84 Å². The summed E-state index contributed by atoms with van der Waals surface area (Å²) in [7, 11) is 0. The summed E-state index contributed by atoms with van der Waals surface area (Å²) in [6, 6.07) is 12.6. The number of aromatic nitrogens is 3. The van der Waals surface area contributed by atoms with E-state index in [1.165, 1.54) is 16.8 Å². The van der Waals surface area contributed by atoms with Gasteiger partial charge in [-0.2, -0.15) is 0 Å². The predicted octanol–water partition coefficient (Wildman–Crippen LogP) is 1.66. The summed E-state index contributed by atoms with van der Waals surface area (Å²) in [5.74, 6) is 4.99. The molecule has 1 heterocycles. The molecule has 10 heteroatoms. The Bertz CT molecular complexity index is 988. The molecule has 0 saturated carbocycles. The van der Waals surface area contributed by atoms with Gasteiger partial charge in [0.25, 0.3) is 5.91 Å². The Morgan fingerprint density at radius 1 is 1.07 bits per heavy atom. The molecule has 4 N–H and O–H groups in total. The van der Waals surface area contributed by atoms with Crippen molar-refractivity contribution in [2.45, 2.75) is 12.1 Å². The molecule has 0 fully saturated rings. The number of hydrogen-bond donors (Lipinski definition) is 3. The standard InChI is InChI=1S/C18H17FN6O2S/c1-11-2-4-12(5-3-11)16-22-24-18(25(16)20)28-10-15(26)21-23-17(27)13-6-8-14(19)9-7-13/h2-9H,10,20H2,1H3,(H,21,26)(H,23,27). The van der Waals surface area contributed by atoms with E-state index in [-0.39, 0.29) is 11.3 Å². The molecular formula is C18H17FN6O2S. The number of halogens is 1. The van der Waals surface area contributed by atoms with Gasteiger partial charge in [-0.1, -0.05) is 41.6 Å². The van der Waals surface area contributed by atoms with Gasteiger partial charge in [0.05, 0.1) is 5.75 Å². The molecule has 2 aromatic carbocycles. The molecule has 0 saturated heterocycles. The molecule has 28 heavy (non-hydrogen) atoms. The summed E-state index contributed by atoms with van der Waals surface area (Å²) in [5, 5.41) is 8.39. The van der Waals surface area contributed by atoms with Gasteiger partial charge < -0.3 is 5.84 Å². The largest absolute Gasteiger partial charge is 0.335 e. The third-order valence-corrected chi connectivity index (χ3v) is 4.67. The minimum absolute atomic E-state index is 0.0348. The van der Waals surface area contributed by atoms with Gasteiger partial charge >= 0.3 is 0 Å². The topological polar surface area (TPSA) is 115 Å². The molecule has 0 aliphatic rings. The van der Waals surface area contributed by atoms with Gasteiger partial charge in [0.1, 0.15) is 5.82 Å². The number of thioether (sulfide) groups is 1. The lowest BCUT2D eigenvalue weighted by Gasteiger charge is -2.07. The average molecular weight is 400 g/mol. The number of rotatable bonds is 5. The van der Waals surface area contributed by atoms with Crippen LogP contribution in [0, 0.1) is 12.7 Å². The smallest absolute Gasteiger partial charge is 0.269 e. The van der Waals surface area contributed by atoms with E-state index < -0.39 is 17.6 Å². The van der Waals surface area contributed by atoms with Gasteiger partial charge in [-0.3, -0.25) is 20.4 Å². The molecule has 0 unspecified atom stereocenters. The lowest BCUT2D eigenvalue weighted by molar-refractivity contribution is -0.119. The summed E-state index contributed by atoms with van der Waals surface area (Å²) in [6.07, 6.45) is 0. The number of nitrogens with zero attached hydrogens (tertiary/aromatic N) is 3. The number of aryl methyl sites for hydroxylation is 1. The van der Waals surface area contributed by atoms with E-state index in [1.54, 1.807) is 0 Å². The highest BCUT2D eigenvalue weighted by molar-refractivity contribution is 7.99. The Morgan fingerprint density at radius 2 is 1.75 bits per heavy atom. The molecule has 0 aliphatic carbocycles. The van der Waals surface area contributed by atoms with Crippen molar-refractivity contribution in [3.05, 3.63) is 65.5 Å². The van der Waals surface area contributed by atoms with E-state index in [0.717, 1.165) is 35.0 Å². The Hall–Kier alpha value is -3.40. The van der Waals surface area contributed by atoms with E-state index in [2.05, 4.69) is 21.0 Å². The number of nitrogens with one attached hydrogen (secondary N) is 2. The molecule has 8 nitrogen and oxygen atoms in total.